The highest BCUT2D eigenvalue weighted by atomic mass is 19.4. The fraction of sp³-hybridized carbons (Fsp3) is 0.625. The molecule has 1 fully saturated rings. The molecule has 1 aliphatic rings. The van der Waals surface area contributed by atoms with Gasteiger partial charge in [0.15, 0.2) is 0 Å². The van der Waals surface area contributed by atoms with Gasteiger partial charge in [0.1, 0.15) is 0 Å². The minimum Gasteiger partial charge on any atom is -0.445 e. The third-order valence-corrected chi connectivity index (χ3v) is 2.51. The van der Waals surface area contributed by atoms with Crippen LogP contribution in [-0.2, 0) is 4.74 Å². The molecule has 0 spiro atoms. The number of aromatic nitrogens is 2. The van der Waals surface area contributed by atoms with Crippen LogP contribution in [0.2, 0.25) is 0 Å². The van der Waals surface area contributed by atoms with Crippen LogP contribution in [-0.4, -0.2) is 30.0 Å². The van der Waals surface area contributed by atoms with Crippen LogP contribution in [0.5, 0.6) is 0 Å². The first-order valence-electron chi connectivity index (χ1n) is 4.89. The van der Waals surface area contributed by atoms with Gasteiger partial charge in [-0.15, -0.1) is 0 Å². The van der Waals surface area contributed by atoms with Gasteiger partial charge >= 0.3 is 6.98 Å². The van der Waals surface area contributed by atoms with Crippen molar-refractivity contribution >= 4 is 12.4 Å². The molecule has 0 bridgehead atoms. The Bertz CT molecular complexity index is 333. The average molecular weight is 219 g/mol. The van der Waals surface area contributed by atoms with Crippen molar-refractivity contribution in [1.82, 2.24) is 9.78 Å². The normalized spacial score (nSPS) is 23.0. The first kappa shape index (κ1) is 10.5. The standard InChI is InChI=1S/C8H11BF3N2O/c10-9(11,12)7-4-13-14(5-7)8-2-1-3-15-6-8/h4-5,8H,1-3,6H2/q-1. The number of rotatable bonds is 2. The molecule has 1 unspecified atom stereocenters. The molecule has 7 heteroatoms. The van der Waals surface area contributed by atoms with Gasteiger partial charge in [-0.1, -0.05) is 5.46 Å². The third kappa shape index (κ3) is 2.34. The number of nitrogens with zero attached hydrogens (tertiary/aromatic N) is 2. The molecule has 84 valence electrons. The lowest BCUT2D eigenvalue weighted by atomic mass is 9.83. The van der Waals surface area contributed by atoms with Gasteiger partial charge in [-0.2, -0.15) is 5.10 Å². The SMILES string of the molecule is F[B-](F)(F)c1cnn(C2CCCOC2)c1. The zero-order valence-electron chi connectivity index (χ0n) is 8.07. The van der Waals surface area contributed by atoms with E-state index in [1.165, 1.54) is 4.68 Å². The molecule has 2 heterocycles. The van der Waals surface area contributed by atoms with Gasteiger partial charge in [0, 0.05) is 12.8 Å². The molecule has 1 atom stereocenters. The van der Waals surface area contributed by atoms with Gasteiger partial charge in [0.2, 0.25) is 0 Å². The first-order chi connectivity index (χ1) is 7.07. The van der Waals surface area contributed by atoms with Gasteiger partial charge in [-0.25, -0.2) is 0 Å². The highest BCUT2D eigenvalue weighted by Gasteiger charge is 2.28. The number of ether oxygens (including phenoxy) is 1. The van der Waals surface area contributed by atoms with E-state index in [4.69, 9.17) is 4.74 Å². The Kier molecular flexibility index (Phi) is 2.73. The largest absolute Gasteiger partial charge is 0.512 e. The van der Waals surface area contributed by atoms with Crippen LogP contribution in [0.3, 0.4) is 0 Å². The highest BCUT2D eigenvalue weighted by Crippen LogP contribution is 2.18. The van der Waals surface area contributed by atoms with E-state index in [9.17, 15) is 12.9 Å². The van der Waals surface area contributed by atoms with Crippen molar-refractivity contribution in [1.29, 1.82) is 0 Å². The summed E-state index contributed by atoms with van der Waals surface area (Å²) >= 11 is 0. The average Bonchev–Trinajstić information content (AvgIpc) is 2.67. The molecule has 0 saturated carbocycles. The van der Waals surface area contributed by atoms with Crippen LogP contribution < -0.4 is 5.46 Å². The van der Waals surface area contributed by atoms with E-state index < -0.39 is 12.4 Å². The van der Waals surface area contributed by atoms with Crippen molar-refractivity contribution in [2.45, 2.75) is 18.9 Å². The van der Waals surface area contributed by atoms with Crippen LogP contribution in [0, 0.1) is 0 Å². The smallest absolute Gasteiger partial charge is 0.445 e. The van der Waals surface area contributed by atoms with E-state index >= 15 is 0 Å². The predicted octanol–water partition coefficient (Wildman–Crippen LogP) is 1.29. The summed E-state index contributed by atoms with van der Waals surface area (Å²) in [7, 11) is 0. The summed E-state index contributed by atoms with van der Waals surface area (Å²) in [5.74, 6) is 0. The molecule has 2 rings (SSSR count). The fourth-order valence-electron chi connectivity index (χ4n) is 1.65. The summed E-state index contributed by atoms with van der Waals surface area (Å²) in [6.45, 7) is -3.80. The number of hydrogen-bond donors (Lipinski definition) is 0. The van der Waals surface area contributed by atoms with Gasteiger partial charge in [-0.05, 0) is 19.0 Å². The van der Waals surface area contributed by atoms with Crippen LogP contribution in [0.1, 0.15) is 18.9 Å². The minimum absolute atomic E-state index is 0.0503. The second kappa shape index (κ2) is 3.88. The Morgan fingerprint density at radius 2 is 2.27 bits per heavy atom. The van der Waals surface area contributed by atoms with Crippen LogP contribution in [0.15, 0.2) is 12.4 Å². The Morgan fingerprint density at radius 3 is 2.80 bits per heavy atom. The molecule has 1 aromatic rings. The van der Waals surface area contributed by atoms with Gasteiger partial charge in [0.05, 0.1) is 12.6 Å². The quantitative estimate of drug-likeness (QED) is 0.700. The van der Waals surface area contributed by atoms with Crippen LogP contribution >= 0.6 is 0 Å². The van der Waals surface area contributed by atoms with E-state index in [1.807, 2.05) is 0 Å². The molecule has 0 N–H and O–H groups in total. The molecule has 0 aromatic carbocycles. The monoisotopic (exact) mass is 219 g/mol. The fourth-order valence-corrected chi connectivity index (χ4v) is 1.65. The molecule has 1 saturated heterocycles. The van der Waals surface area contributed by atoms with E-state index in [1.54, 1.807) is 0 Å². The Hall–Kier alpha value is -0.975. The third-order valence-electron chi connectivity index (χ3n) is 2.51. The molecular weight excluding hydrogens is 208 g/mol. The van der Waals surface area contributed by atoms with Crippen molar-refractivity contribution in [2.24, 2.45) is 0 Å². The molecule has 0 radical (unpaired) electrons. The summed E-state index contributed by atoms with van der Waals surface area (Å²) in [5.41, 5.74) is -0.638. The summed E-state index contributed by atoms with van der Waals surface area (Å²) in [5, 5.41) is 3.74. The van der Waals surface area contributed by atoms with Gasteiger partial charge in [-0.3, -0.25) is 4.68 Å². The maximum absolute atomic E-state index is 12.3. The second-order valence-electron chi connectivity index (χ2n) is 3.70. The highest BCUT2D eigenvalue weighted by molar-refractivity contribution is 6.73. The second-order valence-corrected chi connectivity index (χ2v) is 3.70. The van der Waals surface area contributed by atoms with Crippen molar-refractivity contribution < 1.29 is 17.7 Å². The van der Waals surface area contributed by atoms with Gasteiger partial charge < -0.3 is 17.7 Å². The Morgan fingerprint density at radius 1 is 1.47 bits per heavy atom. The van der Waals surface area contributed by atoms with Gasteiger partial charge in [0.25, 0.3) is 0 Å². The molecule has 1 aromatic heterocycles. The topological polar surface area (TPSA) is 27.1 Å². The molecule has 0 aliphatic carbocycles. The summed E-state index contributed by atoms with van der Waals surface area (Å²) in [6.07, 6.45) is 3.65. The molecule has 3 nitrogen and oxygen atoms in total. The van der Waals surface area contributed by atoms with Crippen molar-refractivity contribution in [3.63, 3.8) is 0 Å². The Balaban J connectivity index is 2.12. The number of hydrogen-bond acceptors (Lipinski definition) is 2. The molecule has 0 amide bonds. The molecule has 1 aliphatic heterocycles. The number of halogens is 3. The zero-order chi connectivity index (χ0) is 10.9. The maximum atomic E-state index is 12.3. The zero-order valence-corrected chi connectivity index (χ0v) is 8.07. The van der Waals surface area contributed by atoms with Crippen LogP contribution in [0.25, 0.3) is 0 Å². The van der Waals surface area contributed by atoms with E-state index in [0.717, 1.165) is 25.2 Å². The Labute approximate surface area is 85.3 Å². The van der Waals surface area contributed by atoms with E-state index in [2.05, 4.69) is 5.10 Å². The van der Waals surface area contributed by atoms with E-state index in [0.29, 0.717) is 13.2 Å². The summed E-state index contributed by atoms with van der Waals surface area (Å²) in [6, 6.07) is -0.0503. The van der Waals surface area contributed by atoms with Crippen LogP contribution in [0.4, 0.5) is 12.9 Å². The lowest BCUT2D eigenvalue weighted by molar-refractivity contribution is 0.0549. The summed E-state index contributed by atoms with van der Waals surface area (Å²) < 4.78 is 43.6. The van der Waals surface area contributed by atoms with Crippen molar-refractivity contribution in [3.05, 3.63) is 12.4 Å². The minimum atomic E-state index is -4.94. The van der Waals surface area contributed by atoms with Crippen molar-refractivity contribution in [3.8, 4) is 0 Å². The lowest BCUT2D eigenvalue weighted by Gasteiger charge is -2.22. The predicted molar refractivity (Wildman–Crippen MR) is 50.0 cm³/mol. The summed E-state index contributed by atoms with van der Waals surface area (Å²) in [4.78, 5) is 0. The molecular formula is C8H11BF3N2O-. The molecule has 15 heavy (non-hydrogen) atoms. The maximum Gasteiger partial charge on any atom is 0.512 e. The lowest BCUT2D eigenvalue weighted by Crippen LogP contribution is -2.33. The first-order valence-corrected chi connectivity index (χ1v) is 4.89. The van der Waals surface area contributed by atoms with E-state index in [-0.39, 0.29) is 6.04 Å². The van der Waals surface area contributed by atoms with Crippen molar-refractivity contribution in [2.75, 3.05) is 13.2 Å².